The highest BCUT2D eigenvalue weighted by Gasteiger charge is 2.16. The number of amides is 1. The molecule has 0 saturated heterocycles. The van der Waals surface area contributed by atoms with Gasteiger partial charge in [-0.05, 0) is 42.7 Å². The highest BCUT2D eigenvalue weighted by molar-refractivity contribution is 6.02. The number of hydrogen-bond acceptors (Lipinski definition) is 5. The van der Waals surface area contributed by atoms with Gasteiger partial charge in [0.25, 0.3) is 11.9 Å². The highest BCUT2D eigenvalue weighted by Crippen LogP contribution is 2.15. The molecule has 1 aliphatic rings. The maximum Gasteiger partial charge on any atom is 0.282 e. The molecule has 6 nitrogen and oxygen atoms in total. The van der Waals surface area contributed by atoms with Crippen molar-refractivity contribution in [1.82, 2.24) is 4.98 Å². The van der Waals surface area contributed by atoms with Gasteiger partial charge in [-0.3, -0.25) is 4.79 Å². The Morgan fingerprint density at radius 3 is 2.71 bits per heavy atom. The molecular formula is C17H17FN4O2. The zero-order valence-corrected chi connectivity index (χ0v) is 12.9. The van der Waals surface area contributed by atoms with Crippen molar-refractivity contribution in [3.8, 4) is 0 Å². The lowest BCUT2D eigenvalue weighted by atomic mass is 10.1. The van der Waals surface area contributed by atoms with Crippen molar-refractivity contribution >= 4 is 17.6 Å². The first-order valence-corrected chi connectivity index (χ1v) is 7.58. The molecule has 1 aromatic heterocycles. The van der Waals surface area contributed by atoms with Crippen molar-refractivity contribution in [1.29, 1.82) is 0 Å². The van der Waals surface area contributed by atoms with E-state index in [9.17, 15) is 9.18 Å². The van der Waals surface area contributed by atoms with E-state index < -0.39 is 5.82 Å². The molecule has 0 saturated carbocycles. The van der Waals surface area contributed by atoms with Crippen LogP contribution in [0.5, 0.6) is 0 Å². The number of aryl methyl sites for hydroxylation is 1. The van der Waals surface area contributed by atoms with Crippen molar-refractivity contribution in [2.75, 3.05) is 11.9 Å². The lowest BCUT2D eigenvalue weighted by molar-refractivity contribution is 0.102. The van der Waals surface area contributed by atoms with Crippen molar-refractivity contribution in [3.05, 3.63) is 59.7 Å². The van der Waals surface area contributed by atoms with Gasteiger partial charge in [-0.25, -0.2) is 14.4 Å². The molecule has 1 aromatic carbocycles. The first-order chi connectivity index (χ1) is 11.6. The van der Waals surface area contributed by atoms with Crippen molar-refractivity contribution < 1.29 is 13.9 Å². The number of ether oxygens (including phenoxy) is 1. The molecule has 1 aliphatic heterocycles. The molecule has 3 N–H and O–H groups in total. The van der Waals surface area contributed by atoms with E-state index in [1.165, 1.54) is 12.1 Å². The number of rotatable bonds is 5. The summed E-state index contributed by atoms with van der Waals surface area (Å²) in [6, 6.07) is 10.4. The molecule has 7 heteroatoms. The fourth-order valence-electron chi connectivity index (χ4n) is 2.38. The molecule has 2 heterocycles. The Bertz CT molecular complexity index is 744. The molecule has 3 rings (SSSR count). The molecule has 0 fully saturated rings. The molecule has 0 radical (unpaired) electrons. The van der Waals surface area contributed by atoms with Gasteiger partial charge < -0.3 is 15.8 Å². The van der Waals surface area contributed by atoms with Crippen LogP contribution in [-0.4, -0.2) is 29.6 Å². The molecule has 24 heavy (non-hydrogen) atoms. The lowest BCUT2D eigenvalue weighted by Gasteiger charge is -2.07. The summed E-state index contributed by atoms with van der Waals surface area (Å²) in [5.74, 6) is -0.856. The van der Waals surface area contributed by atoms with Crippen LogP contribution in [0.3, 0.4) is 0 Å². The molecule has 0 spiro atoms. The summed E-state index contributed by atoms with van der Waals surface area (Å²) in [6.07, 6.45) is 2.71. The van der Waals surface area contributed by atoms with Gasteiger partial charge in [-0.15, -0.1) is 0 Å². The second-order valence-corrected chi connectivity index (χ2v) is 5.48. The predicted octanol–water partition coefficient (Wildman–Crippen LogP) is 2.12. The molecule has 0 aliphatic carbocycles. The second-order valence-electron chi connectivity index (χ2n) is 5.48. The maximum atomic E-state index is 12.8. The number of aliphatic imine (C=N–C) groups is 1. The van der Waals surface area contributed by atoms with Gasteiger partial charge >= 0.3 is 0 Å². The third-order valence-corrected chi connectivity index (χ3v) is 3.67. The summed E-state index contributed by atoms with van der Waals surface area (Å²) in [4.78, 5) is 19.9. The smallest absolute Gasteiger partial charge is 0.282 e. The van der Waals surface area contributed by atoms with E-state index >= 15 is 0 Å². The Labute approximate surface area is 138 Å². The number of amidine groups is 1. The SMILES string of the molecule is NC1=NC(CCc2ccc(NC(=O)c3ccc(F)cn3)cc2)CO1. The van der Waals surface area contributed by atoms with Crippen LogP contribution in [0.25, 0.3) is 0 Å². The number of hydrogen-bond donors (Lipinski definition) is 2. The van der Waals surface area contributed by atoms with Gasteiger partial charge in [0.15, 0.2) is 0 Å². The summed E-state index contributed by atoms with van der Waals surface area (Å²) in [5, 5.41) is 2.73. The monoisotopic (exact) mass is 328 g/mol. The Kier molecular flexibility index (Phi) is 4.69. The third kappa shape index (κ3) is 4.07. The highest BCUT2D eigenvalue weighted by atomic mass is 19.1. The quantitative estimate of drug-likeness (QED) is 0.880. The molecule has 1 amide bonds. The van der Waals surface area contributed by atoms with Crippen LogP contribution in [-0.2, 0) is 11.2 Å². The number of nitrogens with zero attached hydrogens (tertiary/aromatic N) is 2. The number of anilines is 1. The molecule has 0 bridgehead atoms. The topological polar surface area (TPSA) is 89.6 Å². The zero-order valence-electron chi connectivity index (χ0n) is 12.9. The maximum absolute atomic E-state index is 12.8. The zero-order chi connectivity index (χ0) is 16.9. The van der Waals surface area contributed by atoms with Crippen LogP contribution in [0.1, 0.15) is 22.5 Å². The standard InChI is InChI=1S/C17H17FN4O2/c18-12-4-8-15(20-9-12)16(23)21-13-5-1-11(2-6-13)3-7-14-10-24-17(19)22-14/h1-2,4-6,8-9,14H,3,7,10H2,(H2,19,22)(H,21,23). The van der Waals surface area contributed by atoms with Crippen molar-refractivity contribution in [3.63, 3.8) is 0 Å². The van der Waals surface area contributed by atoms with Gasteiger partial charge in [0, 0.05) is 5.69 Å². The lowest BCUT2D eigenvalue weighted by Crippen LogP contribution is -2.13. The first kappa shape index (κ1) is 15.9. The second kappa shape index (κ2) is 7.08. The van der Waals surface area contributed by atoms with Crippen LogP contribution in [0, 0.1) is 5.82 Å². The number of halogens is 1. The van der Waals surface area contributed by atoms with Crippen LogP contribution in [0.2, 0.25) is 0 Å². The number of nitrogens with one attached hydrogen (secondary N) is 1. The van der Waals surface area contributed by atoms with Crippen LogP contribution in [0.4, 0.5) is 10.1 Å². The predicted molar refractivity (Wildman–Crippen MR) is 88.3 cm³/mol. The molecule has 1 unspecified atom stereocenters. The summed E-state index contributed by atoms with van der Waals surface area (Å²) < 4.78 is 17.9. The number of aromatic nitrogens is 1. The molecule has 2 aromatic rings. The Morgan fingerprint density at radius 2 is 2.08 bits per heavy atom. The van der Waals surface area contributed by atoms with E-state index in [-0.39, 0.29) is 23.7 Å². The van der Waals surface area contributed by atoms with Gasteiger partial charge in [0.2, 0.25) is 0 Å². The Hall–Kier alpha value is -2.96. The number of nitrogens with two attached hydrogens (primary N) is 1. The van der Waals surface area contributed by atoms with E-state index in [0.29, 0.717) is 12.3 Å². The van der Waals surface area contributed by atoms with E-state index in [2.05, 4.69) is 15.3 Å². The largest absolute Gasteiger partial charge is 0.463 e. The van der Waals surface area contributed by atoms with Crippen LogP contribution in [0.15, 0.2) is 47.6 Å². The average molecular weight is 328 g/mol. The van der Waals surface area contributed by atoms with Crippen molar-refractivity contribution in [2.24, 2.45) is 10.7 Å². The third-order valence-electron chi connectivity index (χ3n) is 3.67. The fourth-order valence-corrected chi connectivity index (χ4v) is 2.38. The minimum absolute atomic E-state index is 0.105. The van der Waals surface area contributed by atoms with Gasteiger partial charge in [-0.2, -0.15) is 0 Å². The summed E-state index contributed by atoms with van der Waals surface area (Å²) in [5.41, 5.74) is 7.43. The molecule has 124 valence electrons. The average Bonchev–Trinajstić information content (AvgIpc) is 3.00. The van der Waals surface area contributed by atoms with Crippen LogP contribution >= 0.6 is 0 Å². The minimum Gasteiger partial charge on any atom is -0.463 e. The molecular weight excluding hydrogens is 311 g/mol. The Morgan fingerprint density at radius 1 is 1.29 bits per heavy atom. The van der Waals surface area contributed by atoms with Crippen LogP contribution < -0.4 is 11.1 Å². The van der Waals surface area contributed by atoms with E-state index in [1.54, 1.807) is 0 Å². The van der Waals surface area contributed by atoms with Gasteiger partial charge in [0.05, 0.1) is 12.2 Å². The normalized spacial score (nSPS) is 16.4. The first-order valence-electron chi connectivity index (χ1n) is 7.58. The molecule has 1 atom stereocenters. The fraction of sp³-hybridized carbons (Fsp3) is 0.235. The summed E-state index contributed by atoms with van der Waals surface area (Å²) in [6.45, 7) is 0.532. The van der Waals surface area contributed by atoms with E-state index in [4.69, 9.17) is 10.5 Å². The number of carbonyl (C=O) groups excluding carboxylic acids is 1. The Balaban J connectivity index is 1.54. The van der Waals surface area contributed by atoms with E-state index in [1.807, 2.05) is 24.3 Å². The number of carbonyl (C=O) groups is 1. The summed E-state index contributed by atoms with van der Waals surface area (Å²) >= 11 is 0. The van der Waals surface area contributed by atoms with Crippen molar-refractivity contribution in [2.45, 2.75) is 18.9 Å². The number of benzene rings is 1. The van der Waals surface area contributed by atoms with Gasteiger partial charge in [0.1, 0.15) is 18.1 Å². The minimum atomic E-state index is -0.477. The summed E-state index contributed by atoms with van der Waals surface area (Å²) in [7, 11) is 0. The number of pyridine rings is 1. The van der Waals surface area contributed by atoms with Gasteiger partial charge in [-0.1, -0.05) is 12.1 Å². The van der Waals surface area contributed by atoms with E-state index in [0.717, 1.165) is 24.6 Å².